The molecule has 0 rings (SSSR count). The molecule has 0 aromatic rings. The maximum Gasteiger partial charge on any atom is 0.328 e. The van der Waals surface area contributed by atoms with Gasteiger partial charge < -0.3 is 14.8 Å². The molecule has 7 heteroatoms. The highest BCUT2D eigenvalue weighted by Gasteiger charge is 2.27. The van der Waals surface area contributed by atoms with Gasteiger partial charge in [0.2, 0.25) is 0 Å². The fourth-order valence-corrected chi connectivity index (χ4v) is 3.24. The fraction of sp³-hybridized carbons (Fsp3) is 0.792. The Kier molecular flexibility index (Phi) is 18.8. The van der Waals surface area contributed by atoms with E-state index in [4.69, 9.17) is 0 Å². The van der Waals surface area contributed by atoms with E-state index in [0.717, 1.165) is 27.1 Å². The number of amides is 1. The van der Waals surface area contributed by atoms with E-state index in [1.807, 2.05) is 0 Å². The van der Waals surface area contributed by atoms with Gasteiger partial charge in [-0.05, 0) is 18.9 Å². The molecule has 0 aromatic carbocycles. The van der Waals surface area contributed by atoms with E-state index in [9.17, 15) is 18.8 Å². The third-order valence-corrected chi connectivity index (χ3v) is 5.18. The first-order valence-electron chi connectivity index (χ1n) is 11.7. The summed E-state index contributed by atoms with van der Waals surface area (Å²) >= 11 is 0. The molecule has 0 aliphatic heterocycles. The Balaban J connectivity index is 3.88. The van der Waals surface area contributed by atoms with Crippen molar-refractivity contribution in [2.75, 3.05) is 14.2 Å². The highest BCUT2D eigenvalue weighted by atomic mass is 19.1. The van der Waals surface area contributed by atoms with Crippen LogP contribution in [0, 0.1) is 0 Å². The number of carbonyl (C=O) groups excluding carboxylic acids is 3. The van der Waals surface area contributed by atoms with Gasteiger partial charge in [0.1, 0.15) is 6.04 Å². The summed E-state index contributed by atoms with van der Waals surface area (Å²) in [6.45, 7) is 2.24. The van der Waals surface area contributed by atoms with Crippen molar-refractivity contribution in [3.63, 3.8) is 0 Å². The molecule has 0 spiro atoms. The Bertz CT molecular complexity index is 524. The molecule has 31 heavy (non-hydrogen) atoms. The van der Waals surface area contributed by atoms with Crippen molar-refractivity contribution >= 4 is 17.8 Å². The molecule has 0 radical (unpaired) electrons. The van der Waals surface area contributed by atoms with E-state index in [1.54, 1.807) is 6.08 Å². The van der Waals surface area contributed by atoms with E-state index in [2.05, 4.69) is 21.7 Å². The molecule has 2 atom stereocenters. The third-order valence-electron chi connectivity index (χ3n) is 5.18. The van der Waals surface area contributed by atoms with Crippen LogP contribution in [0.4, 0.5) is 4.39 Å². The molecule has 0 fully saturated rings. The molecule has 0 aliphatic carbocycles. The van der Waals surface area contributed by atoms with Gasteiger partial charge in [0.05, 0.1) is 20.6 Å². The van der Waals surface area contributed by atoms with Gasteiger partial charge in [-0.1, -0.05) is 83.6 Å². The summed E-state index contributed by atoms with van der Waals surface area (Å²) in [5.74, 6) is -2.51. The number of alkyl halides is 1. The quantitative estimate of drug-likeness (QED) is 0.169. The van der Waals surface area contributed by atoms with Crippen molar-refractivity contribution in [2.45, 2.75) is 109 Å². The van der Waals surface area contributed by atoms with E-state index in [0.29, 0.717) is 6.42 Å². The Morgan fingerprint density at radius 2 is 1.35 bits per heavy atom. The lowest BCUT2D eigenvalue weighted by Gasteiger charge is -2.15. The monoisotopic (exact) mass is 443 g/mol. The normalized spacial score (nSPS) is 13.0. The lowest BCUT2D eigenvalue weighted by atomic mass is 10.0. The SMILES string of the molecule is CCCCCCCCCCCCCC/C=C/C(F)C(=O)N[C@@H](CC(=O)OC)C(=O)OC. The molecular formula is C24H42FNO5. The molecule has 0 aromatic heterocycles. The summed E-state index contributed by atoms with van der Waals surface area (Å²) < 4.78 is 23.0. The first-order chi connectivity index (χ1) is 15.0. The molecule has 180 valence electrons. The van der Waals surface area contributed by atoms with Gasteiger partial charge in [-0.2, -0.15) is 0 Å². The maximum atomic E-state index is 14.0. The molecule has 6 nitrogen and oxygen atoms in total. The molecule has 0 heterocycles. The number of hydrogen-bond donors (Lipinski definition) is 1. The minimum absolute atomic E-state index is 0.412. The topological polar surface area (TPSA) is 81.7 Å². The molecular weight excluding hydrogens is 401 g/mol. The van der Waals surface area contributed by atoms with Gasteiger partial charge in [0.25, 0.3) is 5.91 Å². The third kappa shape index (κ3) is 16.4. The van der Waals surface area contributed by atoms with Crippen LogP contribution in [0.25, 0.3) is 0 Å². The van der Waals surface area contributed by atoms with Crippen molar-refractivity contribution in [1.82, 2.24) is 5.32 Å². The molecule has 0 aliphatic rings. The van der Waals surface area contributed by atoms with Crippen molar-refractivity contribution in [1.29, 1.82) is 0 Å². The molecule has 0 saturated carbocycles. The van der Waals surface area contributed by atoms with Gasteiger partial charge in [-0.25, -0.2) is 9.18 Å². The molecule has 0 bridgehead atoms. The number of halogens is 1. The van der Waals surface area contributed by atoms with Crippen LogP contribution < -0.4 is 5.32 Å². The van der Waals surface area contributed by atoms with Gasteiger partial charge >= 0.3 is 11.9 Å². The van der Waals surface area contributed by atoms with Gasteiger partial charge in [-0.3, -0.25) is 9.59 Å². The highest BCUT2D eigenvalue weighted by Crippen LogP contribution is 2.12. The summed E-state index contributed by atoms with van der Waals surface area (Å²) in [6, 6.07) is -1.27. The Labute approximate surface area is 187 Å². The zero-order chi connectivity index (χ0) is 23.3. The van der Waals surface area contributed by atoms with Crippen LogP contribution >= 0.6 is 0 Å². The van der Waals surface area contributed by atoms with Gasteiger partial charge in [0.15, 0.2) is 6.17 Å². The lowest BCUT2D eigenvalue weighted by molar-refractivity contribution is -0.151. The van der Waals surface area contributed by atoms with Gasteiger partial charge in [0, 0.05) is 0 Å². The van der Waals surface area contributed by atoms with Crippen molar-refractivity contribution in [3.8, 4) is 0 Å². The number of rotatable bonds is 19. The second kappa shape index (κ2) is 20.0. The predicted octanol–water partition coefficient (Wildman–Crippen LogP) is 5.19. The predicted molar refractivity (Wildman–Crippen MR) is 120 cm³/mol. The van der Waals surface area contributed by atoms with Crippen LogP contribution in [-0.4, -0.2) is 44.3 Å². The minimum atomic E-state index is -1.89. The number of ether oxygens (including phenoxy) is 2. The molecule has 1 unspecified atom stereocenters. The van der Waals surface area contributed by atoms with Crippen molar-refractivity contribution < 1.29 is 28.2 Å². The average molecular weight is 444 g/mol. The summed E-state index contributed by atoms with van der Waals surface area (Å²) in [5.41, 5.74) is 0. The summed E-state index contributed by atoms with van der Waals surface area (Å²) in [4.78, 5) is 34.9. The van der Waals surface area contributed by atoms with Crippen LogP contribution in [0.3, 0.4) is 0 Å². The van der Waals surface area contributed by atoms with Crippen LogP contribution in [0.2, 0.25) is 0 Å². The largest absolute Gasteiger partial charge is 0.469 e. The fourth-order valence-electron chi connectivity index (χ4n) is 3.24. The zero-order valence-electron chi connectivity index (χ0n) is 19.6. The summed E-state index contributed by atoms with van der Waals surface area (Å²) in [5, 5.41) is 2.19. The number of carbonyl (C=O) groups is 3. The smallest absolute Gasteiger partial charge is 0.328 e. The lowest BCUT2D eigenvalue weighted by Crippen LogP contribution is -2.45. The first-order valence-corrected chi connectivity index (χ1v) is 11.7. The number of hydrogen-bond acceptors (Lipinski definition) is 5. The molecule has 0 saturated heterocycles. The van der Waals surface area contributed by atoms with E-state index < -0.39 is 36.5 Å². The van der Waals surface area contributed by atoms with E-state index in [1.165, 1.54) is 70.3 Å². The Hall–Kier alpha value is -1.92. The van der Waals surface area contributed by atoms with Crippen LogP contribution in [-0.2, 0) is 23.9 Å². The first kappa shape index (κ1) is 29.1. The van der Waals surface area contributed by atoms with Crippen LogP contribution in [0.15, 0.2) is 12.2 Å². The maximum absolute atomic E-state index is 14.0. The van der Waals surface area contributed by atoms with E-state index in [-0.39, 0.29) is 0 Å². The number of allylic oxidation sites excluding steroid dienone is 1. The Morgan fingerprint density at radius 3 is 1.84 bits per heavy atom. The second-order valence-electron chi connectivity index (χ2n) is 7.87. The Morgan fingerprint density at radius 1 is 0.839 bits per heavy atom. The van der Waals surface area contributed by atoms with E-state index >= 15 is 0 Å². The molecule has 1 amide bonds. The standard InChI is InChI=1S/C24H42FNO5/c1-4-5-6-7-8-9-10-11-12-13-14-15-16-17-18-20(25)23(28)26-21(24(29)31-3)19-22(27)30-2/h17-18,20-21H,4-16,19H2,1-3H3,(H,26,28)/b18-17+/t20?,21-/m0/s1. The number of nitrogens with one attached hydrogen (secondary N) is 1. The zero-order valence-corrected chi connectivity index (χ0v) is 19.6. The number of methoxy groups -OCH3 is 2. The van der Waals surface area contributed by atoms with Crippen LogP contribution in [0.5, 0.6) is 0 Å². The average Bonchev–Trinajstić information content (AvgIpc) is 2.77. The van der Waals surface area contributed by atoms with Crippen molar-refractivity contribution in [2.24, 2.45) is 0 Å². The second-order valence-corrected chi connectivity index (χ2v) is 7.87. The minimum Gasteiger partial charge on any atom is -0.469 e. The highest BCUT2D eigenvalue weighted by molar-refractivity contribution is 5.90. The van der Waals surface area contributed by atoms with Gasteiger partial charge in [-0.15, -0.1) is 0 Å². The number of esters is 2. The molecule has 1 N–H and O–H groups in total. The summed E-state index contributed by atoms with van der Waals surface area (Å²) in [7, 11) is 2.29. The van der Waals surface area contributed by atoms with Crippen molar-refractivity contribution in [3.05, 3.63) is 12.2 Å². The number of unbranched alkanes of at least 4 members (excludes halogenated alkanes) is 12. The summed E-state index contributed by atoms with van der Waals surface area (Å²) in [6.07, 6.45) is 16.3. The van der Waals surface area contributed by atoms with Crippen LogP contribution in [0.1, 0.15) is 96.8 Å².